The second kappa shape index (κ2) is 4.43. The van der Waals surface area contributed by atoms with E-state index in [4.69, 9.17) is 5.73 Å². The molecule has 1 aliphatic rings. The number of aryl methyl sites for hydroxylation is 1. The van der Waals surface area contributed by atoms with Crippen molar-refractivity contribution in [3.05, 3.63) is 34.4 Å². The van der Waals surface area contributed by atoms with Crippen LogP contribution >= 0.6 is 15.9 Å². The van der Waals surface area contributed by atoms with Gasteiger partial charge in [0.15, 0.2) is 0 Å². The Labute approximate surface area is 115 Å². The van der Waals surface area contributed by atoms with Crippen molar-refractivity contribution in [1.29, 1.82) is 0 Å². The van der Waals surface area contributed by atoms with Gasteiger partial charge in [-0.1, -0.05) is 34.5 Å². The van der Waals surface area contributed by atoms with Gasteiger partial charge in [-0.05, 0) is 30.5 Å². The summed E-state index contributed by atoms with van der Waals surface area (Å²) >= 11 is 3.46. The number of nitrogens with two attached hydrogens (primary N) is 1. The molecule has 1 fully saturated rings. The summed E-state index contributed by atoms with van der Waals surface area (Å²) in [5, 5.41) is 4.61. The average Bonchev–Trinajstić information content (AvgIpc) is 2.55. The second-order valence-corrected chi connectivity index (χ2v) is 5.82. The maximum absolute atomic E-state index is 6.18. The van der Waals surface area contributed by atoms with Crippen molar-refractivity contribution in [1.82, 2.24) is 9.78 Å². The average molecular weight is 306 g/mol. The number of nitrogen functional groups attached to an aromatic ring is 1. The molecule has 4 heteroatoms. The van der Waals surface area contributed by atoms with Crippen molar-refractivity contribution >= 4 is 21.7 Å². The predicted molar refractivity (Wildman–Crippen MR) is 77.3 cm³/mol. The van der Waals surface area contributed by atoms with Crippen LogP contribution in [0, 0.1) is 0 Å². The van der Waals surface area contributed by atoms with Gasteiger partial charge >= 0.3 is 0 Å². The Hall–Kier alpha value is -1.29. The van der Waals surface area contributed by atoms with Crippen molar-refractivity contribution < 1.29 is 0 Å². The summed E-state index contributed by atoms with van der Waals surface area (Å²) in [7, 11) is 1.92. The van der Waals surface area contributed by atoms with Crippen LogP contribution in [-0.2, 0) is 7.05 Å². The van der Waals surface area contributed by atoms with Gasteiger partial charge in [-0.3, -0.25) is 4.68 Å². The molecule has 1 heterocycles. The van der Waals surface area contributed by atoms with Gasteiger partial charge in [-0.15, -0.1) is 0 Å². The van der Waals surface area contributed by atoms with Crippen molar-refractivity contribution in [3.63, 3.8) is 0 Å². The molecule has 94 valence electrons. The quantitative estimate of drug-likeness (QED) is 0.919. The molecule has 2 aromatic rings. The van der Waals surface area contributed by atoms with Crippen molar-refractivity contribution in [2.24, 2.45) is 7.05 Å². The van der Waals surface area contributed by atoms with Crippen LogP contribution in [-0.4, -0.2) is 9.78 Å². The van der Waals surface area contributed by atoms with Crippen molar-refractivity contribution in [2.75, 3.05) is 5.73 Å². The van der Waals surface area contributed by atoms with Crippen LogP contribution in [0.3, 0.4) is 0 Å². The van der Waals surface area contributed by atoms with E-state index < -0.39 is 0 Å². The van der Waals surface area contributed by atoms with Crippen LogP contribution in [0.5, 0.6) is 0 Å². The minimum atomic E-state index is 0.590. The van der Waals surface area contributed by atoms with E-state index >= 15 is 0 Å². The van der Waals surface area contributed by atoms with Crippen LogP contribution in [0.25, 0.3) is 11.1 Å². The number of rotatable bonds is 2. The summed E-state index contributed by atoms with van der Waals surface area (Å²) in [4.78, 5) is 0. The monoisotopic (exact) mass is 305 g/mol. The molecule has 0 spiro atoms. The fourth-order valence-corrected chi connectivity index (χ4v) is 2.70. The zero-order valence-corrected chi connectivity index (χ0v) is 11.9. The Morgan fingerprint density at radius 1 is 1.28 bits per heavy atom. The summed E-state index contributed by atoms with van der Waals surface area (Å²) in [6, 6.07) is 8.29. The smallest absolute Gasteiger partial charge is 0.129 e. The Balaban J connectivity index is 2.11. The van der Waals surface area contributed by atoms with E-state index in [0.717, 1.165) is 21.4 Å². The lowest BCUT2D eigenvalue weighted by atomic mass is 9.80. The number of anilines is 1. The SMILES string of the molecule is Cn1nc(C2CCC2)c(-c2ccc(Br)cc2)c1N. The third-order valence-electron chi connectivity index (χ3n) is 3.74. The molecule has 3 rings (SSSR count). The van der Waals surface area contributed by atoms with Gasteiger partial charge in [0.25, 0.3) is 0 Å². The topological polar surface area (TPSA) is 43.8 Å². The molecule has 1 aliphatic carbocycles. The first-order chi connectivity index (χ1) is 8.66. The highest BCUT2D eigenvalue weighted by molar-refractivity contribution is 9.10. The third kappa shape index (κ3) is 1.85. The van der Waals surface area contributed by atoms with Crippen molar-refractivity contribution in [2.45, 2.75) is 25.2 Å². The molecule has 18 heavy (non-hydrogen) atoms. The van der Waals surface area contributed by atoms with Crippen molar-refractivity contribution in [3.8, 4) is 11.1 Å². The molecule has 1 aromatic heterocycles. The van der Waals surface area contributed by atoms with Crippen LogP contribution in [0.2, 0.25) is 0 Å². The lowest BCUT2D eigenvalue weighted by Gasteiger charge is -2.24. The van der Waals surface area contributed by atoms with E-state index in [1.54, 1.807) is 4.68 Å². The lowest BCUT2D eigenvalue weighted by molar-refractivity contribution is 0.408. The first-order valence-electron chi connectivity index (χ1n) is 6.25. The van der Waals surface area contributed by atoms with E-state index in [2.05, 4.69) is 33.2 Å². The molecule has 0 amide bonds. The molecule has 0 radical (unpaired) electrons. The van der Waals surface area contributed by atoms with E-state index in [0.29, 0.717) is 5.92 Å². The molecule has 1 aromatic carbocycles. The maximum atomic E-state index is 6.18. The molecular weight excluding hydrogens is 290 g/mol. The first kappa shape index (κ1) is 11.8. The summed E-state index contributed by atoms with van der Waals surface area (Å²) in [5.41, 5.74) is 9.63. The van der Waals surface area contributed by atoms with E-state index in [-0.39, 0.29) is 0 Å². The van der Waals surface area contributed by atoms with E-state index in [1.165, 1.54) is 25.0 Å². The maximum Gasteiger partial charge on any atom is 0.129 e. The normalized spacial score (nSPS) is 15.7. The number of hydrogen-bond donors (Lipinski definition) is 1. The van der Waals surface area contributed by atoms with E-state index in [9.17, 15) is 0 Å². The molecule has 0 aliphatic heterocycles. The molecule has 0 atom stereocenters. The van der Waals surface area contributed by atoms with Crippen LogP contribution in [0.15, 0.2) is 28.7 Å². The highest BCUT2D eigenvalue weighted by Crippen LogP contribution is 2.42. The van der Waals surface area contributed by atoms with Gasteiger partial charge in [0.1, 0.15) is 5.82 Å². The summed E-state index contributed by atoms with van der Waals surface area (Å²) in [5.74, 6) is 1.35. The molecule has 1 saturated carbocycles. The van der Waals surface area contributed by atoms with Gasteiger partial charge < -0.3 is 5.73 Å². The predicted octanol–water partition coefficient (Wildman–Crippen LogP) is 3.70. The summed E-state index contributed by atoms with van der Waals surface area (Å²) < 4.78 is 2.88. The Kier molecular flexibility index (Phi) is 2.90. The van der Waals surface area contributed by atoms with Gasteiger partial charge in [-0.25, -0.2) is 0 Å². The lowest BCUT2D eigenvalue weighted by Crippen LogP contribution is -2.10. The van der Waals surface area contributed by atoms with Crippen LogP contribution in [0.1, 0.15) is 30.9 Å². The van der Waals surface area contributed by atoms with Gasteiger partial charge in [0.05, 0.1) is 5.69 Å². The standard InChI is InChI=1S/C14H16BrN3/c1-18-14(16)12(9-5-7-11(15)8-6-9)13(17-18)10-3-2-4-10/h5-8,10H,2-4,16H2,1H3. The highest BCUT2D eigenvalue weighted by atomic mass is 79.9. The first-order valence-corrected chi connectivity index (χ1v) is 7.04. The Bertz CT molecular complexity index is 567. The molecule has 0 saturated heterocycles. The number of benzene rings is 1. The fourth-order valence-electron chi connectivity index (χ4n) is 2.44. The fraction of sp³-hybridized carbons (Fsp3) is 0.357. The molecule has 0 bridgehead atoms. The molecule has 2 N–H and O–H groups in total. The third-order valence-corrected chi connectivity index (χ3v) is 4.27. The Morgan fingerprint density at radius 3 is 2.50 bits per heavy atom. The minimum absolute atomic E-state index is 0.590. The second-order valence-electron chi connectivity index (χ2n) is 4.90. The van der Waals surface area contributed by atoms with Gasteiger partial charge in [0.2, 0.25) is 0 Å². The summed E-state index contributed by atoms with van der Waals surface area (Å²) in [6.45, 7) is 0. The van der Waals surface area contributed by atoms with E-state index in [1.807, 2.05) is 19.2 Å². The highest BCUT2D eigenvalue weighted by Gasteiger charge is 2.27. The number of nitrogens with zero attached hydrogens (tertiary/aromatic N) is 2. The molecule has 3 nitrogen and oxygen atoms in total. The van der Waals surface area contributed by atoms with Crippen LogP contribution in [0.4, 0.5) is 5.82 Å². The van der Waals surface area contributed by atoms with Crippen LogP contribution < -0.4 is 5.73 Å². The zero-order valence-electron chi connectivity index (χ0n) is 10.4. The minimum Gasteiger partial charge on any atom is -0.383 e. The number of aromatic nitrogens is 2. The number of hydrogen-bond acceptors (Lipinski definition) is 2. The molecular formula is C14H16BrN3. The Morgan fingerprint density at radius 2 is 1.94 bits per heavy atom. The molecule has 0 unspecified atom stereocenters. The number of halogens is 1. The summed E-state index contributed by atoms with van der Waals surface area (Å²) in [6.07, 6.45) is 3.78. The van der Waals surface area contributed by atoms with Gasteiger partial charge in [-0.2, -0.15) is 5.10 Å². The largest absolute Gasteiger partial charge is 0.383 e. The zero-order chi connectivity index (χ0) is 12.7. The van der Waals surface area contributed by atoms with Gasteiger partial charge in [0, 0.05) is 23.0 Å².